The second-order valence-corrected chi connectivity index (χ2v) is 8.63. The summed E-state index contributed by atoms with van der Waals surface area (Å²) in [5.41, 5.74) is 3.71. The van der Waals surface area contributed by atoms with E-state index in [1.54, 1.807) is 0 Å². The summed E-state index contributed by atoms with van der Waals surface area (Å²) in [5.74, 6) is 0.528. The Morgan fingerprint density at radius 2 is 2.00 bits per heavy atom. The van der Waals surface area contributed by atoms with Crippen LogP contribution in [-0.4, -0.2) is 24.9 Å². The van der Waals surface area contributed by atoms with E-state index in [1.165, 1.54) is 68.2 Å². The van der Waals surface area contributed by atoms with Gasteiger partial charge >= 0.3 is 0 Å². The SMILES string of the molecule is CCCC[C@H]1CCCC(=C\c2ccc(Cl)cc2)/C1=N/OCC[C@H]1CCCCN1. The van der Waals surface area contributed by atoms with E-state index < -0.39 is 0 Å². The molecule has 2 fully saturated rings. The summed E-state index contributed by atoms with van der Waals surface area (Å²) >= 11 is 6.04. The molecule has 4 heteroatoms. The lowest BCUT2D eigenvalue weighted by molar-refractivity contribution is 0.127. The van der Waals surface area contributed by atoms with E-state index in [0.717, 1.165) is 24.4 Å². The van der Waals surface area contributed by atoms with E-state index in [2.05, 4.69) is 30.4 Å². The van der Waals surface area contributed by atoms with Crippen LogP contribution in [0.25, 0.3) is 6.08 Å². The van der Waals surface area contributed by atoms with Crippen LogP contribution in [0.15, 0.2) is 35.0 Å². The zero-order chi connectivity index (χ0) is 19.6. The van der Waals surface area contributed by atoms with Gasteiger partial charge in [-0.05, 0) is 80.8 Å². The van der Waals surface area contributed by atoms with E-state index >= 15 is 0 Å². The molecule has 1 N–H and O–H groups in total. The number of hydrogen-bond acceptors (Lipinski definition) is 3. The molecule has 0 spiro atoms. The van der Waals surface area contributed by atoms with Crippen molar-refractivity contribution in [2.75, 3.05) is 13.2 Å². The minimum atomic E-state index is 0.528. The molecule has 0 unspecified atom stereocenters. The second-order valence-electron chi connectivity index (χ2n) is 8.20. The monoisotopic (exact) mass is 402 g/mol. The van der Waals surface area contributed by atoms with Gasteiger partial charge in [0.2, 0.25) is 0 Å². The minimum Gasteiger partial charge on any atom is -0.396 e. The van der Waals surface area contributed by atoms with Crippen LogP contribution in [0, 0.1) is 5.92 Å². The number of rotatable bonds is 8. The predicted octanol–water partition coefficient (Wildman–Crippen LogP) is 6.62. The van der Waals surface area contributed by atoms with Crippen LogP contribution >= 0.6 is 11.6 Å². The molecule has 1 aromatic carbocycles. The molecule has 1 saturated heterocycles. The highest BCUT2D eigenvalue weighted by Crippen LogP contribution is 2.31. The molecule has 2 aliphatic rings. The van der Waals surface area contributed by atoms with E-state index in [1.807, 2.05) is 12.1 Å². The number of halogens is 1. The predicted molar refractivity (Wildman–Crippen MR) is 120 cm³/mol. The van der Waals surface area contributed by atoms with Crippen LogP contribution in [0.2, 0.25) is 5.02 Å². The zero-order valence-electron chi connectivity index (χ0n) is 17.3. The molecule has 1 aliphatic carbocycles. The zero-order valence-corrected chi connectivity index (χ0v) is 18.0. The molecule has 3 rings (SSSR count). The molecule has 154 valence electrons. The van der Waals surface area contributed by atoms with E-state index in [9.17, 15) is 0 Å². The van der Waals surface area contributed by atoms with Crippen molar-refractivity contribution in [2.24, 2.45) is 11.1 Å². The van der Waals surface area contributed by atoms with Crippen LogP contribution < -0.4 is 5.32 Å². The van der Waals surface area contributed by atoms with Crippen molar-refractivity contribution in [3.05, 3.63) is 40.4 Å². The first-order valence-corrected chi connectivity index (χ1v) is 11.5. The number of piperidine rings is 1. The fraction of sp³-hybridized carbons (Fsp3) is 0.625. The van der Waals surface area contributed by atoms with E-state index in [4.69, 9.17) is 21.6 Å². The third-order valence-corrected chi connectivity index (χ3v) is 6.22. The van der Waals surface area contributed by atoms with Gasteiger partial charge in [0.1, 0.15) is 6.61 Å². The van der Waals surface area contributed by atoms with Gasteiger partial charge in [-0.15, -0.1) is 0 Å². The Morgan fingerprint density at radius 3 is 2.75 bits per heavy atom. The van der Waals surface area contributed by atoms with Gasteiger partial charge in [0, 0.05) is 17.0 Å². The molecule has 0 aromatic heterocycles. The van der Waals surface area contributed by atoms with Crippen LogP contribution in [-0.2, 0) is 4.84 Å². The minimum absolute atomic E-state index is 0.528. The molecule has 0 amide bonds. The number of allylic oxidation sites excluding steroid dienone is 1. The molecule has 1 aromatic rings. The molecule has 0 bridgehead atoms. The molecule has 1 aliphatic heterocycles. The standard InChI is InChI=1S/C24H35ClN2O/c1-2-3-7-20-8-6-9-21(18-19-11-13-22(25)14-12-19)24(20)27-28-17-15-23-10-4-5-16-26-23/h11-14,18,20,23,26H,2-10,15-17H2,1H3/b21-18+,27-24+/t20-,23+/m0/s1. The van der Waals surface area contributed by atoms with E-state index in [-0.39, 0.29) is 0 Å². The lowest BCUT2D eigenvalue weighted by atomic mass is 9.80. The summed E-state index contributed by atoms with van der Waals surface area (Å²) in [6.45, 7) is 4.11. The number of benzene rings is 1. The van der Waals surface area contributed by atoms with Gasteiger partial charge in [0.05, 0.1) is 5.71 Å². The number of unbranched alkanes of at least 4 members (excludes halogenated alkanes) is 1. The van der Waals surface area contributed by atoms with Crippen molar-refractivity contribution >= 4 is 23.4 Å². The Balaban J connectivity index is 1.67. The summed E-state index contributed by atoms with van der Waals surface area (Å²) in [7, 11) is 0. The Bertz CT molecular complexity index is 647. The second kappa shape index (κ2) is 11.6. The Labute approximate surface area is 175 Å². The van der Waals surface area contributed by atoms with Crippen molar-refractivity contribution in [1.29, 1.82) is 0 Å². The van der Waals surface area contributed by atoms with Crippen molar-refractivity contribution in [3.8, 4) is 0 Å². The Morgan fingerprint density at radius 1 is 1.14 bits per heavy atom. The maximum Gasteiger partial charge on any atom is 0.118 e. The van der Waals surface area contributed by atoms with Crippen LogP contribution in [0.4, 0.5) is 0 Å². The molecule has 0 radical (unpaired) electrons. The molecule has 3 nitrogen and oxygen atoms in total. The van der Waals surface area contributed by atoms with Gasteiger partial charge in [0.25, 0.3) is 0 Å². The Hall–Kier alpha value is -1.32. The van der Waals surface area contributed by atoms with Gasteiger partial charge in [-0.2, -0.15) is 0 Å². The van der Waals surface area contributed by atoms with Gasteiger partial charge in [-0.1, -0.05) is 55.1 Å². The van der Waals surface area contributed by atoms with Gasteiger partial charge in [-0.25, -0.2) is 0 Å². The first-order chi connectivity index (χ1) is 13.8. The average Bonchev–Trinajstić information content (AvgIpc) is 2.73. The van der Waals surface area contributed by atoms with Gasteiger partial charge < -0.3 is 10.2 Å². The number of nitrogens with one attached hydrogen (secondary N) is 1. The lowest BCUT2D eigenvalue weighted by Crippen LogP contribution is -2.34. The maximum atomic E-state index is 6.04. The fourth-order valence-corrected chi connectivity index (χ4v) is 4.44. The van der Waals surface area contributed by atoms with Crippen molar-refractivity contribution < 1.29 is 4.84 Å². The molecular weight excluding hydrogens is 368 g/mol. The smallest absolute Gasteiger partial charge is 0.118 e. The van der Waals surface area contributed by atoms with Gasteiger partial charge in [0.15, 0.2) is 0 Å². The Kier molecular flexibility index (Phi) is 8.88. The number of nitrogens with zero attached hydrogens (tertiary/aromatic N) is 1. The molecule has 2 atom stereocenters. The number of oxime groups is 1. The highest BCUT2D eigenvalue weighted by Gasteiger charge is 2.25. The summed E-state index contributed by atoms with van der Waals surface area (Å²) in [6, 6.07) is 8.67. The molecule has 1 saturated carbocycles. The molecular formula is C24H35ClN2O. The molecule has 1 heterocycles. The lowest BCUT2D eigenvalue weighted by Gasteiger charge is -2.26. The fourth-order valence-electron chi connectivity index (χ4n) is 4.32. The van der Waals surface area contributed by atoms with Crippen LogP contribution in [0.1, 0.15) is 76.7 Å². The van der Waals surface area contributed by atoms with Crippen LogP contribution in [0.5, 0.6) is 0 Å². The summed E-state index contributed by atoms with van der Waals surface area (Å²) in [4.78, 5) is 5.86. The van der Waals surface area contributed by atoms with E-state index in [0.29, 0.717) is 18.6 Å². The number of hydrogen-bond donors (Lipinski definition) is 1. The maximum absolute atomic E-state index is 6.04. The largest absolute Gasteiger partial charge is 0.396 e. The highest BCUT2D eigenvalue weighted by atomic mass is 35.5. The van der Waals surface area contributed by atoms with Crippen LogP contribution in [0.3, 0.4) is 0 Å². The summed E-state index contributed by atoms with van der Waals surface area (Å²) < 4.78 is 0. The van der Waals surface area contributed by atoms with Gasteiger partial charge in [-0.3, -0.25) is 0 Å². The topological polar surface area (TPSA) is 33.6 Å². The van der Waals surface area contributed by atoms with Crippen molar-refractivity contribution in [2.45, 2.75) is 77.2 Å². The third-order valence-electron chi connectivity index (χ3n) is 5.96. The quantitative estimate of drug-likeness (QED) is 0.391. The summed E-state index contributed by atoms with van der Waals surface area (Å²) in [6.07, 6.45) is 14.5. The van der Waals surface area contributed by atoms with Crippen molar-refractivity contribution in [1.82, 2.24) is 5.32 Å². The first kappa shape index (κ1) is 21.4. The van der Waals surface area contributed by atoms with Crippen molar-refractivity contribution in [3.63, 3.8) is 0 Å². The third kappa shape index (κ3) is 6.63. The average molecular weight is 403 g/mol. The molecule has 28 heavy (non-hydrogen) atoms. The first-order valence-electron chi connectivity index (χ1n) is 11.2. The summed E-state index contributed by atoms with van der Waals surface area (Å²) in [5, 5.41) is 9.06. The highest BCUT2D eigenvalue weighted by molar-refractivity contribution is 6.30. The normalized spacial score (nSPS) is 25.9.